The maximum Gasteiger partial charge on any atom is 0.326 e. The molecule has 9 heteroatoms. The summed E-state index contributed by atoms with van der Waals surface area (Å²) in [7, 11) is 0. The minimum absolute atomic E-state index is 0.160. The minimum Gasteiger partial charge on any atom is -0.454 e. The van der Waals surface area contributed by atoms with E-state index in [1.807, 2.05) is 12.2 Å². The highest BCUT2D eigenvalue weighted by Crippen LogP contribution is 2.34. The van der Waals surface area contributed by atoms with Crippen molar-refractivity contribution < 1.29 is 28.3 Å². The molecular weight excluding hydrogens is 379 g/mol. The lowest BCUT2D eigenvalue weighted by molar-refractivity contribution is -0.154. The molecule has 1 fully saturated rings. The molecule has 0 bridgehead atoms. The molecule has 2 atom stereocenters. The van der Waals surface area contributed by atoms with Crippen molar-refractivity contribution in [3.8, 4) is 0 Å². The number of ether oxygens (including phenoxy) is 1. The van der Waals surface area contributed by atoms with Gasteiger partial charge < -0.3 is 10.1 Å². The SMILES string of the molecule is O=C(COC(=O)CN1C(=O)[C@@H]2CC=CC[C@H]2C1=O)Nc1ccc(F)c(Cl)c1. The third-order valence-corrected chi connectivity index (χ3v) is 4.74. The van der Waals surface area contributed by atoms with Crippen LogP contribution in [0.4, 0.5) is 10.1 Å². The fraction of sp³-hybridized carbons (Fsp3) is 0.333. The monoisotopic (exact) mass is 394 g/mol. The first-order valence-corrected chi connectivity index (χ1v) is 8.65. The number of nitrogens with one attached hydrogen (secondary N) is 1. The molecule has 27 heavy (non-hydrogen) atoms. The van der Waals surface area contributed by atoms with E-state index in [0.29, 0.717) is 12.8 Å². The second-order valence-corrected chi connectivity index (χ2v) is 6.66. The van der Waals surface area contributed by atoms with E-state index in [0.717, 1.165) is 11.0 Å². The number of halogens is 2. The van der Waals surface area contributed by atoms with Crippen LogP contribution in [0.1, 0.15) is 12.8 Å². The molecule has 1 N–H and O–H groups in total. The van der Waals surface area contributed by atoms with Crippen molar-refractivity contribution >= 4 is 41.0 Å². The van der Waals surface area contributed by atoms with Crippen LogP contribution in [-0.4, -0.2) is 41.7 Å². The summed E-state index contributed by atoms with van der Waals surface area (Å²) in [6.07, 6.45) is 4.65. The maximum absolute atomic E-state index is 13.1. The zero-order valence-corrected chi connectivity index (χ0v) is 14.9. The molecule has 1 saturated heterocycles. The summed E-state index contributed by atoms with van der Waals surface area (Å²) >= 11 is 5.61. The van der Waals surface area contributed by atoms with Crippen molar-refractivity contribution in [2.75, 3.05) is 18.5 Å². The van der Waals surface area contributed by atoms with E-state index in [-0.39, 0.29) is 10.7 Å². The highest BCUT2D eigenvalue weighted by Gasteiger charge is 2.47. The number of esters is 1. The minimum atomic E-state index is -0.865. The zero-order valence-electron chi connectivity index (χ0n) is 14.1. The number of hydrogen-bond acceptors (Lipinski definition) is 5. The molecular formula is C18H16ClFN2O5. The van der Waals surface area contributed by atoms with Crippen molar-refractivity contribution in [3.63, 3.8) is 0 Å². The summed E-state index contributed by atoms with van der Waals surface area (Å²) in [6.45, 7) is -1.14. The Morgan fingerprint density at radius 2 is 1.81 bits per heavy atom. The number of likely N-dealkylation sites (tertiary alicyclic amines) is 1. The van der Waals surface area contributed by atoms with Crippen LogP contribution in [0.25, 0.3) is 0 Å². The number of amides is 3. The van der Waals surface area contributed by atoms with Crippen LogP contribution in [0.2, 0.25) is 5.02 Å². The summed E-state index contributed by atoms with van der Waals surface area (Å²) < 4.78 is 17.9. The molecule has 7 nitrogen and oxygen atoms in total. The van der Waals surface area contributed by atoms with Crippen LogP contribution in [0, 0.1) is 17.7 Å². The molecule has 1 aromatic carbocycles. The number of fused-ring (bicyclic) bond motifs is 1. The average molecular weight is 395 g/mol. The third kappa shape index (κ3) is 4.16. The summed E-state index contributed by atoms with van der Waals surface area (Å²) in [6, 6.07) is 3.61. The van der Waals surface area contributed by atoms with Gasteiger partial charge in [-0.25, -0.2) is 4.39 Å². The summed E-state index contributed by atoms with van der Waals surface area (Å²) in [5.41, 5.74) is 0.240. The number of anilines is 1. The van der Waals surface area contributed by atoms with Gasteiger partial charge in [-0.2, -0.15) is 0 Å². The van der Waals surface area contributed by atoms with E-state index in [2.05, 4.69) is 5.32 Å². The first kappa shape index (κ1) is 19.0. The quantitative estimate of drug-likeness (QED) is 0.468. The average Bonchev–Trinajstić information content (AvgIpc) is 2.88. The smallest absolute Gasteiger partial charge is 0.326 e. The van der Waals surface area contributed by atoms with Gasteiger partial charge in [-0.15, -0.1) is 0 Å². The molecule has 2 aliphatic rings. The first-order valence-electron chi connectivity index (χ1n) is 8.27. The van der Waals surface area contributed by atoms with Gasteiger partial charge in [0.25, 0.3) is 5.91 Å². The summed E-state index contributed by atoms with van der Waals surface area (Å²) in [4.78, 5) is 49.1. The molecule has 0 aromatic heterocycles. The molecule has 0 radical (unpaired) electrons. The topological polar surface area (TPSA) is 92.8 Å². The lowest BCUT2D eigenvalue weighted by Crippen LogP contribution is -2.37. The molecule has 3 rings (SSSR count). The van der Waals surface area contributed by atoms with E-state index in [9.17, 15) is 23.6 Å². The molecule has 0 unspecified atom stereocenters. The van der Waals surface area contributed by atoms with E-state index in [1.165, 1.54) is 12.1 Å². The van der Waals surface area contributed by atoms with E-state index >= 15 is 0 Å². The lowest BCUT2D eigenvalue weighted by atomic mass is 9.85. The maximum atomic E-state index is 13.1. The van der Waals surface area contributed by atoms with Gasteiger partial charge in [0.05, 0.1) is 16.9 Å². The van der Waals surface area contributed by atoms with E-state index in [1.54, 1.807) is 0 Å². The fourth-order valence-electron chi connectivity index (χ4n) is 3.12. The number of carbonyl (C=O) groups excluding carboxylic acids is 4. The predicted molar refractivity (Wildman–Crippen MR) is 93.1 cm³/mol. The molecule has 3 amide bonds. The molecule has 0 spiro atoms. The Balaban J connectivity index is 1.49. The second kappa shape index (κ2) is 7.87. The van der Waals surface area contributed by atoms with Crippen LogP contribution in [0.5, 0.6) is 0 Å². The molecule has 0 saturated carbocycles. The Kier molecular flexibility index (Phi) is 5.55. The van der Waals surface area contributed by atoms with Gasteiger partial charge in [-0.05, 0) is 31.0 Å². The largest absolute Gasteiger partial charge is 0.454 e. The third-order valence-electron chi connectivity index (χ3n) is 4.45. The Labute approximate surface area is 159 Å². The van der Waals surface area contributed by atoms with Gasteiger partial charge >= 0.3 is 5.97 Å². The number of hydrogen-bond donors (Lipinski definition) is 1. The number of allylic oxidation sites excluding steroid dienone is 2. The molecule has 142 valence electrons. The van der Waals surface area contributed by atoms with Gasteiger partial charge in [0.1, 0.15) is 12.4 Å². The van der Waals surface area contributed by atoms with E-state index in [4.69, 9.17) is 16.3 Å². The molecule has 1 aliphatic carbocycles. The van der Waals surface area contributed by atoms with Gasteiger partial charge in [-0.3, -0.25) is 24.1 Å². The first-order chi connectivity index (χ1) is 12.9. The van der Waals surface area contributed by atoms with Gasteiger partial charge in [-0.1, -0.05) is 23.8 Å². The van der Waals surface area contributed by atoms with Gasteiger partial charge in [0, 0.05) is 5.69 Å². The number of benzene rings is 1. The van der Waals surface area contributed by atoms with Crippen LogP contribution < -0.4 is 5.32 Å². The normalized spacial score (nSPS) is 21.2. The Hall–Kier alpha value is -2.74. The number of carbonyl (C=O) groups is 4. The Morgan fingerprint density at radius 1 is 1.19 bits per heavy atom. The van der Waals surface area contributed by atoms with E-state index < -0.39 is 54.5 Å². The number of rotatable bonds is 5. The second-order valence-electron chi connectivity index (χ2n) is 6.26. The Bertz CT molecular complexity index is 815. The van der Waals surface area contributed by atoms with Crippen molar-refractivity contribution in [2.45, 2.75) is 12.8 Å². The molecule has 1 aliphatic heterocycles. The van der Waals surface area contributed by atoms with Crippen LogP contribution in [0.3, 0.4) is 0 Å². The highest BCUT2D eigenvalue weighted by atomic mass is 35.5. The highest BCUT2D eigenvalue weighted by molar-refractivity contribution is 6.31. The van der Waals surface area contributed by atoms with Crippen molar-refractivity contribution in [1.29, 1.82) is 0 Å². The zero-order chi connectivity index (χ0) is 19.6. The summed E-state index contributed by atoms with van der Waals surface area (Å²) in [5.74, 6) is -3.80. The number of nitrogens with zero attached hydrogens (tertiary/aromatic N) is 1. The molecule has 1 aromatic rings. The van der Waals surface area contributed by atoms with Gasteiger partial charge in [0.15, 0.2) is 6.61 Å². The lowest BCUT2D eigenvalue weighted by Gasteiger charge is -2.14. The van der Waals surface area contributed by atoms with Crippen molar-refractivity contribution in [1.82, 2.24) is 4.90 Å². The van der Waals surface area contributed by atoms with Crippen LogP contribution in [0.15, 0.2) is 30.4 Å². The van der Waals surface area contributed by atoms with Crippen molar-refractivity contribution in [2.24, 2.45) is 11.8 Å². The summed E-state index contributed by atoms with van der Waals surface area (Å²) in [5, 5.41) is 2.23. The molecule has 1 heterocycles. The predicted octanol–water partition coefficient (Wildman–Crippen LogP) is 1.91. The fourth-order valence-corrected chi connectivity index (χ4v) is 3.30. The standard InChI is InChI=1S/C18H16ClFN2O5/c19-13-7-10(5-6-14(13)20)21-15(23)9-27-16(24)8-22-17(25)11-3-1-2-4-12(11)18(22)26/h1-2,5-7,11-12H,3-4,8-9H2,(H,21,23)/t11-,12-/m1/s1. The van der Waals surface area contributed by atoms with Gasteiger partial charge in [0.2, 0.25) is 11.8 Å². The van der Waals surface area contributed by atoms with Crippen molar-refractivity contribution in [3.05, 3.63) is 41.2 Å². The van der Waals surface area contributed by atoms with Crippen LogP contribution in [-0.2, 0) is 23.9 Å². The van der Waals surface area contributed by atoms with Crippen LogP contribution >= 0.6 is 11.6 Å². The Morgan fingerprint density at radius 3 is 2.41 bits per heavy atom. The number of imide groups is 1.